The summed E-state index contributed by atoms with van der Waals surface area (Å²) in [5, 5.41) is 4.03. The van der Waals surface area contributed by atoms with Crippen LogP contribution in [0.4, 0.5) is 0 Å². The Kier molecular flexibility index (Phi) is 9.22. The molecule has 1 N–H and O–H groups in total. The maximum atomic E-state index is 12.8. The summed E-state index contributed by atoms with van der Waals surface area (Å²) in [6.07, 6.45) is 3.40. The number of likely N-dealkylation sites (tertiary alicyclic amines) is 1. The van der Waals surface area contributed by atoms with E-state index in [1.807, 2.05) is 34.1 Å². The van der Waals surface area contributed by atoms with Crippen molar-refractivity contribution in [2.75, 3.05) is 44.2 Å². The number of nitrogens with one attached hydrogen (secondary N) is 1. The summed E-state index contributed by atoms with van der Waals surface area (Å²) >= 11 is 7.76. The molecule has 1 aromatic rings. The van der Waals surface area contributed by atoms with E-state index < -0.39 is 0 Å². The van der Waals surface area contributed by atoms with Crippen molar-refractivity contribution in [1.29, 1.82) is 0 Å². The first-order chi connectivity index (χ1) is 12.7. The number of piperidine rings is 1. The van der Waals surface area contributed by atoms with Crippen LogP contribution in [0.2, 0.25) is 5.02 Å². The number of carbonyl (C=O) groups excluding carboxylic acids is 2. The summed E-state index contributed by atoms with van der Waals surface area (Å²) in [5.41, 5.74) is 0.976. The van der Waals surface area contributed by atoms with E-state index in [1.165, 1.54) is 18.2 Å². The fraction of sp³-hybridized carbons (Fsp3) is 0.579. The zero-order valence-electron chi connectivity index (χ0n) is 15.4. The topological polar surface area (TPSA) is 52.7 Å². The van der Waals surface area contributed by atoms with Crippen LogP contribution in [0, 0.1) is 0 Å². The van der Waals surface area contributed by atoms with E-state index in [0.717, 1.165) is 38.0 Å². The van der Waals surface area contributed by atoms with Gasteiger partial charge in [-0.2, -0.15) is 0 Å². The first kappa shape index (κ1) is 22.3. The molecule has 0 radical (unpaired) electrons. The second kappa shape index (κ2) is 11.1. The SMILES string of the molecule is Cl.O=C(CSCC(=O)N1CCNCC1c1ccccc1Cl)N1CCCCC1. The Morgan fingerprint density at radius 2 is 1.78 bits per heavy atom. The molecule has 0 spiro atoms. The van der Waals surface area contributed by atoms with Crippen LogP contribution in [-0.2, 0) is 9.59 Å². The van der Waals surface area contributed by atoms with Crippen LogP contribution in [0.15, 0.2) is 24.3 Å². The lowest BCUT2D eigenvalue weighted by Crippen LogP contribution is -2.49. The number of carbonyl (C=O) groups is 2. The van der Waals surface area contributed by atoms with Crippen molar-refractivity contribution in [3.63, 3.8) is 0 Å². The van der Waals surface area contributed by atoms with E-state index >= 15 is 0 Å². The Hall–Kier alpha value is -0.950. The second-order valence-corrected chi connectivity index (χ2v) is 8.16. The van der Waals surface area contributed by atoms with E-state index in [1.54, 1.807) is 0 Å². The van der Waals surface area contributed by atoms with Gasteiger partial charge in [0.1, 0.15) is 0 Å². The van der Waals surface area contributed by atoms with E-state index in [0.29, 0.717) is 29.6 Å². The molecule has 27 heavy (non-hydrogen) atoms. The zero-order valence-corrected chi connectivity index (χ0v) is 17.8. The Bertz CT molecular complexity index is 641. The van der Waals surface area contributed by atoms with Crippen LogP contribution in [0.3, 0.4) is 0 Å². The van der Waals surface area contributed by atoms with Gasteiger partial charge in [0, 0.05) is 37.7 Å². The number of piperazine rings is 1. The molecule has 2 heterocycles. The molecule has 2 fully saturated rings. The van der Waals surface area contributed by atoms with E-state index in [4.69, 9.17) is 11.6 Å². The highest BCUT2D eigenvalue weighted by molar-refractivity contribution is 8.00. The van der Waals surface area contributed by atoms with Gasteiger partial charge in [-0.15, -0.1) is 24.2 Å². The largest absolute Gasteiger partial charge is 0.342 e. The number of hydrogen-bond acceptors (Lipinski definition) is 4. The van der Waals surface area contributed by atoms with Crippen molar-refractivity contribution >= 4 is 47.6 Å². The highest BCUT2D eigenvalue weighted by Gasteiger charge is 2.29. The van der Waals surface area contributed by atoms with Crippen molar-refractivity contribution in [3.05, 3.63) is 34.9 Å². The molecular weight excluding hydrogens is 405 g/mol. The molecule has 3 rings (SSSR count). The zero-order chi connectivity index (χ0) is 18.4. The summed E-state index contributed by atoms with van der Waals surface area (Å²) in [5.74, 6) is 0.952. The second-order valence-electron chi connectivity index (χ2n) is 6.76. The van der Waals surface area contributed by atoms with E-state index in [9.17, 15) is 9.59 Å². The lowest BCUT2D eigenvalue weighted by atomic mass is 10.0. The minimum absolute atomic E-state index is 0. The molecule has 1 unspecified atom stereocenters. The molecule has 0 saturated carbocycles. The summed E-state index contributed by atoms with van der Waals surface area (Å²) in [7, 11) is 0. The van der Waals surface area contributed by atoms with Gasteiger partial charge in [-0.05, 0) is 30.9 Å². The number of rotatable bonds is 5. The maximum Gasteiger partial charge on any atom is 0.233 e. The first-order valence-corrected chi connectivity index (χ1v) is 10.8. The third-order valence-electron chi connectivity index (χ3n) is 4.99. The number of halogens is 2. The van der Waals surface area contributed by atoms with Gasteiger partial charge in [-0.25, -0.2) is 0 Å². The van der Waals surface area contributed by atoms with Gasteiger partial charge >= 0.3 is 0 Å². The monoisotopic (exact) mass is 431 g/mol. The normalized spacial score (nSPS) is 20.1. The third-order valence-corrected chi connectivity index (χ3v) is 6.23. The van der Waals surface area contributed by atoms with Gasteiger partial charge in [0.15, 0.2) is 0 Å². The van der Waals surface area contributed by atoms with Gasteiger partial charge < -0.3 is 15.1 Å². The predicted molar refractivity (Wildman–Crippen MR) is 114 cm³/mol. The Balaban J connectivity index is 0.00000261. The third kappa shape index (κ3) is 6.01. The van der Waals surface area contributed by atoms with Crippen molar-refractivity contribution in [1.82, 2.24) is 15.1 Å². The van der Waals surface area contributed by atoms with Crippen LogP contribution >= 0.6 is 35.8 Å². The van der Waals surface area contributed by atoms with Crippen molar-refractivity contribution in [3.8, 4) is 0 Å². The molecule has 5 nitrogen and oxygen atoms in total. The Morgan fingerprint density at radius 1 is 1.07 bits per heavy atom. The number of hydrogen-bond donors (Lipinski definition) is 1. The molecule has 0 aromatic heterocycles. The minimum Gasteiger partial charge on any atom is -0.342 e. The molecule has 8 heteroatoms. The van der Waals surface area contributed by atoms with E-state index in [2.05, 4.69) is 5.32 Å². The molecule has 2 aliphatic heterocycles. The van der Waals surface area contributed by atoms with Crippen LogP contribution in [0.1, 0.15) is 30.9 Å². The van der Waals surface area contributed by atoms with Crippen molar-refractivity contribution in [2.24, 2.45) is 0 Å². The summed E-state index contributed by atoms with van der Waals surface area (Å²) < 4.78 is 0. The quantitative estimate of drug-likeness (QED) is 0.778. The van der Waals surface area contributed by atoms with E-state index in [-0.39, 0.29) is 30.3 Å². The molecule has 0 bridgehead atoms. The fourth-order valence-electron chi connectivity index (χ4n) is 3.57. The smallest absolute Gasteiger partial charge is 0.233 e. The molecule has 1 aromatic carbocycles. The van der Waals surface area contributed by atoms with Gasteiger partial charge in [0.2, 0.25) is 11.8 Å². The van der Waals surface area contributed by atoms with Crippen LogP contribution in [-0.4, -0.2) is 65.8 Å². The Morgan fingerprint density at radius 3 is 2.52 bits per heavy atom. The van der Waals surface area contributed by atoms with Gasteiger partial charge in [0.25, 0.3) is 0 Å². The molecule has 2 amide bonds. The standard InChI is InChI=1S/C19H26ClN3O2S.ClH/c20-16-7-3-2-6-15(16)17-12-21-8-11-23(17)19(25)14-26-13-18(24)22-9-4-1-5-10-22;/h2-3,6-7,17,21H,1,4-5,8-14H2;1H. The van der Waals surface area contributed by atoms with Gasteiger partial charge in [-0.1, -0.05) is 29.8 Å². The van der Waals surface area contributed by atoms with Crippen LogP contribution in [0.25, 0.3) is 0 Å². The molecular formula is C19H27Cl2N3O2S. The number of thioether (sulfide) groups is 1. The lowest BCUT2D eigenvalue weighted by molar-refractivity contribution is -0.131. The molecule has 150 valence electrons. The number of nitrogens with zero attached hydrogens (tertiary/aromatic N) is 2. The van der Waals surface area contributed by atoms with Crippen LogP contribution in [0.5, 0.6) is 0 Å². The fourth-order valence-corrected chi connectivity index (χ4v) is 4.63. The minimum atomic E-state index is -0.0525. The number of amides is 2. The molecule has 1 atom stereocenters. The van der Waals surface area contributed by atoms with Crippen molar-refractivity contribution in [2.45, 2.75) is 25.3 Å². The van der Waals surface area contributed by atoms with Gasteiger partial charge in [0.05, 0.1) is 17.5 Å². The predicted octanol–water partition coefficient (Wildman–Crippen LogP) is 2.98. The average Bonchev–Trinajstić information content (AvgIpc) is 2.69. The maximum absolute atomic E-state index is 12.8. The summed E-state index contributed by atoms with van der Waals surface area (Å²) in [6.45, 7) is 3.87. The highest BCUT2D eigenvalue weighted by Crippen LogP contribution is 2.29. The van der Waals surface area contributed by atoms with Crippen LogP contribution < -0.4 is 5.32 Å². The Labute approximate surface area is 176 Å². The molecule has 2 aliphatic rings. The summed E-state index contributed by atoms with van der Waals surface area (Å²) in [4.78, 5) is 28.8. The summed E-state index contributed by atoms with van der Waals surface area (Å²) in [6, 6.07) is 7.64. The van der Waals surface area contributed by atoms with Crippen molar-refractivity contribution < 1.29 is 9.59 Å². The first-order valence-electron chi connectivity index (χ1n) is 9.27. The average molecular weight is 432 g/mol. The molecule has 2 saturated heterocycles. The molecule has 0 aliphatic carbocycles. The lowest BCUT2D eigenvalue weighted by Gasteiger charge is -2.37. The highest BCUT2D eigenvalue weighted by atomic mass is 35.5. The van der Waals surface area contributed by atoms with Gasteiger partial charge in [-0.3, -0.25) is 9.59 Å². The number of benzene rings is 1.